The molecule has 0 unspecified atom stereocenters. The third-order valence-electron chi connectivity index (χ3n) is 1.94. The number of phenols is 1. The van der Waals surface area contributed by atoms with Crippen LogP contribution in [0.25, 0.3) is 0 Å². The van der Waals surface area contributed by atoms with Crippen LogP contribution in [-0.2, 0) is 0 Å². The Morgan fingerprint density at radius 2 is 2.07 bits per heavy atom. The molecule has 1 aromatic carbocycles. The molecular weight excluding hydrogens is 244 g/mol. The fourth-order valence-corrected chi connectivity index (χ4v) is 1.32. The lowest BCUT2D eigenvalue weighted by Crippen LogP contribution is -2.12. The maximum atomic E-state index is 12.8. The van der Waals surface area contributed by atoms with E-state index in [0.717, 1.165) is 6.07 Å². The number of phenolic OH excluding ortho intramolecular Hbond substituents is 1. The van der Waals surface area contributed by atoms with Gasteiger partial charge in [0.1, 0.15) is 16.6 Å². The first-order valence-electron chi connectivity index (χ1n) is 4.11. The van der Waals surface area contributed by atoms with Gasteiger partial charge in [-0.1, -0.05) is 17.7 Å². The number of nitrogens with two attached hydrogens (primary N) is 1. The standard InChI is InChI=1S/C9H11ClFNO2.ClH/c10-8-6(11)2-1-5(9(8)14)7(12)3-4-13;/h1-2,7,13-14H,3-4,12H2;1H/t7-;/m0./s1. The average Bonchev–Trinajstić information content (AvgIpc) is 2.15. The van der Waals surface area contributed by atoms with Gasteiger partial charge in [-0.2, -0.15) is 0 Å². The van der Waals surface area contributed by atoms with Gasteiger partial charge in [-0.3, -0.25) is 0 Å². The van der Waals surface area contributed by atoms with Crippen molar-refractivity contribution in [3.8, 4) is 5.75 Å². The fourth-order valence-electron chi connectivity index (χ4n) is 1.15. The molecule has 1 aromatic rings. The van der Waals surface area contributed by atoms with Gasteiger partial charge in [0.15, 0.2) is 0 Å². The van der Waals surface area contributed by atoms with E-state index in [1.807, 2.05) is 0 Å². The van der Waals surface area contributed by atoms with Crippen molar-refractivity contribution in [2.45, 2.75) is 12.5 Å². The van der Waals surface area contributed by atoms with E-state index in [1.54, 1.807) is 0 Å². The van der Waals surface area contributed by atoms with Crippen molar-refractivity contribution in [2.75, 3.05) is 6.61 Å². The second-order valence-electron chi connectivity index (χ2n) is 2.92. The number of hydrogen-bond donors (Lipinski definition) is 3. The van der Waals surface area contributed by atoms with Crippen molar-refractivity contribution in [1.82, 2.24) is 0 Å². The van der Waals surface area contributed by atoms with E-state index in [9.17, 15) is 9.50 Å². The molecule has 0 aliphatic heterocycles. The van der Waals surface area contributed by atoms with Crippen LogP contribution < -0.4 is 5.73 Å². The van der Waals surface area contributed by atoms with E-state index in [2.05, 4.69) is 0 Å². The average molecular weight is 256 g/mol. The largest absolute Gasteiger partial charge is 0.506 e. The van der Waals surface area contributed by atoms with Crippen molar-refractivity contribution < 1.29 is 14.6 Å². The second-order valence-corrected chi connectivity index (χ2v) is 3.30. The highest BCUT2D eigenvalue weighted by Gasteiger charge is 2.15. The normalized spacial score (nSPS) is 12.0. The predicted molar refractivity (Wildman–Crippen MR) is 59.0 cm³/mol. The van der Waals surface area contributed by atoms with Crippen LogP contribution in [0.5, 0.6) is 5.75 Å². The van der Waals surface area contributed by atoms with Gasteiger partial charge in [0.25, 0.3) is 0 Å². The van der Waals surface area contributed by atoms with Crippen LogP contribution in [0.4, 0.5) is 4.39 Å². The van der Waals surface area contributed by atoms with Gasteiger partial charge in [0, 0.05) is 18.2 Å². The van der Waals surface area contributed by atoms with E-state index in [4.69, 9.17) is 22.4 Å². The fraction of sp³-hybridized carbons (Fsp3) is 0.333. The Hall–Kier alpha value is -0.550. The molecule has 0 saturated heterocycles. The monoisotopic (exact) mass is 255 g/mol. The zero-order valence-electron chi connectivity index (χ0n) is 7.78. The zero-order valence-corrected chi connectivity index (χ0v) is 9.35. The highest BCUT2D eigenvalue weighted by molar-refractivity contribution is 6.32. The highest BCUT2D eigenvalue weighted by atomic mass is 35.5. The lowest BCUT2D eigenvalue weighted by Gasteiger charge is -2.13. The quantitative estimate of drug-likeness (QED) is 0.774. The second kappa shape index (κ2) is 6.12. The summed E-state index contributed by atoms with van der Waals surface area (Å²) in [7, 11) is 0. The first-order chi connectivity index (χ1) is 6.57. The highest BCUT2D eigenvalue weighted by Crippen LogP contribution is 2.33. The summed E-state index contributed by atoms with van der Waals surface area (Å²) < 4.78 is 12.8. The van der Waals surface area contributed by atoms with Gasteiger partial charge in [-0.25, -0.2) is 4.39 Å². The molecule has 0 saturated carbocycles. The van der Waals surface area contributed by atoms with Gasteiger partial charge in [-0.05, 0) is 12.5 Å². The molecule has 0 amide bonds. The van der Waals surface area contributed by atoms with Crippen LogP contribution in [0.2, 0.25) is 5.02 Å². The Balaban J connectivity index is 0.00000196. The van der Waals surface area contributed by atoms with Crippen LogP contribution in [0.1, 0.15) is 18.0 Å². The summed E-state index contributed by atoms with van der Waals surface area (Å²) >= 11 is 5.48. The van der Waals surface area contributed by atoms with Gasteiger partial charge >= 0.3 is 0 Å². The Morgan fingerprint density at radius 1 is 1.47 bits per heavy atom. The smallest absolute Gasteiger partial charge is 0.145 e. The van der Waals surface area contributed by atoms with Crippen molar-refractivity contribution in [2.24, 2.45) is 5.73 Å². The molecule has 3 nitrogen and oxygen atoms in total. The minimum atomic E-state index is -0.691. The molecule has 0 aliphatic carbocycles. The van der Waals surface area contributed by atoms with Gasteiger partial charge in [-0.15, -0.1) is 12.4 Å². The molecule has 0 spiro atoms. The van der Waals surface area contributed by atoms with E-state index < -0.39 is 11.9 Å². The lowest BCUT2D eigenvalue weighted by molar-refractivity contribution is 0.275. The first-order valence-corrected chi connectivity index (χ1v) is 4.49. The van der Waals surface area contributed by atoms with E-state index in [-0.39, 0.29) is 36.2 Å². The molecule has 0 fully saturated rings. The molecule has 0 aliphatic rings. The molecule has 0 heterocycles. The van der Waals surface area contributed by atoms with Crippen LogP contribution in [0, 0.1) is 5.82 Å². The molecule has 0 bridgehead atoms. The molecule has 15 heavy (non-hydrogen) atoms. The van der Waals surface area contributed by atoms with E-state index in [0.29, 0.717) is 5.56 Å². The SMILES string of the molecule is Cl.N[C@@H](CCO)c1ccc(F)c(Cl)c1O. The predicted octanol–water partition coefficient (Wildman–Crippen LogP) is 1.99. The molecule has 1 atom stereocenters. The molecule has 6 heteroatoms. The number of aliphatic hydroxyl groups is 1. The van der Waals surface area contributed by atoms with Crippen molar-refractivity contribution in [3.05, 3.63) is 28.5 Å². The van der Waals surface area contributed by atoms with Gasteiger partial charge in [0.05, 0.1) is 0 Å². The number of rotatable bonds is 3. The Kier molecular flexibility index (Phi) is 5.90. The van der Waals surface area contributed by atoms with Gasteiger partial charge < -0.3 is 15.9 Å². The summed E-state index contributed by atoms with van der Waals surface area (Å²) in [6, 6.07) is 1.95. The Morgan fingerprint density at radius 3 is 2.60 bits per heavy atom. The minimum Gasteiger partial charge on any atom is -0.506 e. The van der Waals surface area contributed by atoms with Crippen LogP contribution >= 0.6 is 24.0 Å². The molecule has 1 rings (SSSR count). The minimum absolute atomic E-state index is 0. The van der Waals surface area contributed by atoms with Crippen molar-refractivity contribution in [1.29, 1.82) is 0 Å². The summed E-state index contributed by atoms with van der Waals surface area (Å²) in [5, 5.41) is 17.7. The maximum Gasteiger partial charge on any atom is 0.145 e. The summed E-state index contributed by atoms with van der Waals surface area (Å²) in [6.45, 7) is -0.102. The van der Waals surface area contributed by atoms with Crippen LogP contribution in [-0.4, -0.2) is 16.8 Å². The summed E-state index contributed by atoms with van der Waals surface area (Å²) in [5.41, 5.74) is 5.96. The van der Waals surface area contributed by atoms with Crippen molar-refractivity contribution >= 4 is 24.0 Å². The summed E-state index contributed by atoms with van der Waals surface area (Å²) in [4.78, 5) is 0. The first kappa shape index (κ1) is 14.5. The summed E-state index contributed by atoms with van der Waals surface area (Å²) in [6.07, 6.45) is 0.287. The van der Waals surface area contributed by atoms with E-state index >= 15 is 0 Å². The number of benzene rings is 1. The van der Waals surface area contributed by atoms with E-state index in [1.165, 1.54) is 6.07 Å². The number of halogens is 3. The van der Waals surface area contributed by atoms with Crippen LogP contribution in [0.15, 0.2) is 12.1 Å². The zero-order chi connectivity index (χ0) is 10.7. The molecular formula is C9H12Cl2FNO2. The summed E-state index contributed by atoms with van der Waals surface area (Å²) in [5.74, 6) is -1.04. The number of aromatic hydroxyl groups is 1. The third-order valence-corrected chi connectivity index (χ3v) is 2.30. The molecule has 0 radical (unpaired) electrons. The Labute approximate surface area is 98.1 Å². The van der Waals surface area contributed by atoms with Crippen LogP contribution in [0.3, 0.4) is 0 Å². The lowest BCUT2D eigenvalue weighted by atomic mass is 10.0. The Bertz CT molecular complexity index is 336. The van der Waals surface area contributed by atoms with Gasteiger partial charge in [0.2, 0.25) is 0 Å². The number of hydrogen-bond acceptors (Lipinski definition) is 3. The molecule has 4 N–H and O–H groups in total. The third kappa shape index (κ3) is 3.21. The van der Waals surface area contributed by atoms with Crippen molar-refractivity contribution in [3.63, 3.8) is 0 Å². The number of aliphatic hydroxyl groups excluding tert-OH is 1. The molecule has 0 aromatic heterocycles. The molecule has 86 valence electrons. The topological polar surface area (TPSA) is 66.5 Å². The maximum absolute atomic E-state index is 12.8.